The second kappa shape index (κ2) is 5.10. The van der Waals surface area contributed by atoms with Crippen molar-refractivity contribution in [2.75, 3.05) is 13.2 Å². The van der Waals surface area contributed by atoms with Crippen LogP contribution in [0.2, 0.25) is 0 Å². The number of benzene rings is 1. The molecule has 20 heavy (non-hydrogen) atoms. The summed E-state index contributed by atoms with van der Waals surface area (Å²) in [5, 5.41) is 0.0910. The highest BCUT2D eigenvalue weighted by molar-refractivity contribution is 9.10. The van der Waals surface area contributed by atoms with E-state index in [0.29, 0.717) is 19.1 Å². The summed E-state index contributed by atoms with van der Waals surface area (Å²) >= 11 is 10.5. The first-order chi connectivity index (χ1) is 9.75. The smallest absolute Gasteiger partial charge is 0.162 e. The monoisotopic (exact) mass is 356 g/mol. The molecule has 2 aliphatic carbocycles. The third-order valence-corrected chi connectivity index (χ3v) is 6.23. The van der Waals surface area contributed by atoms with Gasteiger partial charge in [0.05, 0.1) is 5.38 Å². The van der Waals surface area contributed by atoms with E-state index in [0.717, 1.165) is 33.4 Å². The lowest BCUT2D eigenvalue weighted by molar-refractivity contribution is 0.171. The molecule has 3 unspecified atom stereocenters. The molecule has 0 bridgehead atoms. The lowest BCUT2D eigenvalue weighted by Crippen LogP contribution is -2.15. The number of fused-ring (bicyclic) bond motifs is 2. The van der Waals surface area contributed by atoms with Crippen molar-refractivity contribution in [3.05, 3.63) is 22.2 Å². The molecule has 1 aliphatic heterocycles. The molecule has 2 fully saturated rings. The van der Waals surface area contributed by atoms with Crippen molar-refractivity contribution >= 4 is 27.5 Å². The normalized spacial score (nSPS) is 32.4. The Bertz CT molecular complexity index is 521. The second-order valence-electron chi connectivity index (χ2n) is 6.11. The van der Waals surface area contributed by atoms with E-state index in [-0.39, 0.29) is 5.38 Å². The third-order valence-electron chi connectivity index (χ3n) is 5.02. The standard InChI is InChI=1S/C16H18BrClO2/c17-12-8-14-13(19-5-6-20-14)7-11(12)16(18)15-9-3-1-2-4-10(9)15/h7-10,15-16H,1-6H2. The Hall–Kier alpha value is -0.410. The summed E-state index contributed by atoms with van der Waals surface area (Å²) in [4.78, 5) is 0. The van der Waals surface area contributed by atoms with Crippen LogP contribution in [0, 0.1) is 17.8 Å². The zero-order valence-electron chi connectivity index (χ0n) is 11.3. The molecule has 2 nitrogen and oxygen atoms in total. The van der Waals surface area contributed by atoms with Gasteiger partial charge in [0.2, 0.25) is 0 Å². The van der Waals surface area contributed by atoms with Gasteiger partial charge >= 0.3 is 0 Å². The van der Waals surface area contributed by atoms with Crippen LogP contribution in [0.3, 0.4) is 0 Å². The van der Waals surface area contributed by atoms with Crippen LogP contribution in [0.15, 0.2) is 16.6 Å². The van der Waals surface area contributed by atoms with Crippen molar-refractivity contribution < 1.29 is 9.47 Å². The predicted octanol–water partition coefficient (Wildman–Crippen LogP) is 4.94. The van der Waals surface area contributed by atoms with Crippen LogP contribution in [0.4, 0.5) is 0 Å². The van der Waals surface area contributed by atoms with Gasteiger partial charge in [0.25, 0.3) is 0 Å². The Morgan fingerprint density at radius 2 is 1.65 bits per heavy atom. The van der Waals surface area contributed by atoms with Crippen LogP contribution < -0.4 is 9.47 Å². The molecule has 1 heterocycles. The minimum atomic E-state index is 0.0910. The molecule has 0 spiro atoms. The fourth-order valence-corrected chi connectivity index (χ4v) is 5.24. The SMILES string of the molecule is ClC(c1cc2c(cc1Br)OCCO2)C1C2CCCCC21. The van der Waals surface area contributed by atoms with Crippen LogP contribution in [0.25, 0.3) is 0 Å². The Kier molecular flexibility index (Phi) is 3.38. The van der Waals surface area contributed by atoms with Crippen molar-refractivity contribution in [2.24, 2.45) is 17.8 Å². The van der Waals surface area contributed by atoms with E-state index in [4.69, 9.17) is 21.1 Å². The van der Waals surface area contributed by atoms with E-state index < -0.39 is 0 Å². The predicted molar refractivity (Wildman–Crippen MR) is 82.7 cm³/mol. The average molecular weight is 358 g/mol. The molecule has 108 valence electrons. The summed E-state index contributed by atoms with van der Waals surface area (Å²) in [5.74, 6) is 4.02. The highest BCUT2D eigenvalue weighted by Gasteiger charge is 2.54. The molecule has 2 saturated carbocycles. The fourth-order valence-electron chi connectivity index (χ4n) is 3.98. The molecule has 4 rings (SSSR count). The van der Waals surface area contributed by atoms with Crippen LogP contribution in [-0.2, 0) is 0 Å². The van der Waals surface area contributed by atoms with Gasteiger partial charge in [-0.25, -0.2) is 0 Å². The van der Waals surface area contributed by atoms with E-state index in [2.05, 4.69) is 22.0 Å². The zero-order chi connectivity index (χ0) is 13.7. The van der Waals surface area contributed by atoms with Gasteiger partial charge in [-0.15, -0.1) is 11.6 Å². The molecular weight excluding hydrogens is 340 g/mol. The van der Waals surface area contributed by atoms with Gasteiger partial charge in [0.15, 0.2) is 11.5 Å². The van der Waals surface area contributed by atoms with Crippen molar-refractivity contribution in [2.45, 2.75) is 31.1 Å². The van der Waals surface area contributed by atoms with Crippen LogP contribution >= 0.6 is 27.5 Å². The quantitative estimate of drug-likeness (QED) is 0.698. The summed E-state index contributed by atoms with van der Waals surface area (Å²) in [6.45, 7) is 1.24. The largest absolute Gasteiger partial charge is 0.486 e. The van der Waals surface area contributed by atoms with Gasteiger partial charge in [0, 0.05) is 4.47 Å². The summed E-state index contributed by atoms with van der Waals surface area (Å²) in [5.41, 5.74) is 1.16. The molecule has 1 aromatic carbocycles. The molecule has 0 amide bonds. The fraction of sp³-hybridized carbons (Fsp3) is 0.625. The van der Waals surface area contributed by atoms with Crippen molar-refractivity contribution in [1.29, 1.82) is 0 Å². The van der Waals surface area contributed by atoms with Gasteiger partial charge in [-0.3, -0.25) is 0 Å². The lowest BCUT2D eigenvalue weighted by Gasteiger charge is -2.21. The van der Waals surface area contributed by atoms with Gasteiger partial charge in [-0.1, -0.05) is 28.8 Å². The van der Waals surface area contributed by atoms with E-state index in [9.17, 15) is 0 Å². The Morgan fingerprint density at radius 3 is 2.30 bits per heavy atom. The zero-order valence-corrected chi connectivity index (χ0v) is 13.6. The molecule has 3 aliphatic rings. The van der Waals surface area contributed by atoms with Crippen molar-refractivity contribution in [1.82, 2.24) is 0 Å². The first-order valence-corrected chi connectivity index (χ1v) is 8.72. The average Bonchev–Trinajstić information content (AvgIpc) is 3.20. The summed E-state index contributed by atoms with van der Waals surface area (Å²) < 4.78 is 12.3. The van der Waals surface area contributed by atoms with Gasteiger partial charge in [0.1, 0.15) is 13.2 Å². The molecule has 0 aromatic heterocycles. The first kappa shape index (κ1) is 13.3. The number of rotatable bonds is 2. The third kappa shape index (κ3) is 2.14. The number of halogens is 2. The van der Waals surface area contributed by atoms with Crippen LogP contribution in [0.5, 0.6) is 11.5 Å². The summed E-state index contributed by atoms with van der Waals surface area (Å²) in [6, 6.07) is 4.08. The van der Waals surface area contributed by atoms with Gasteiger partial charge in [-0.05, 0) is 48.3 Å². The Balaban J connectivity index is 1.61. The highest BCUT2D eigenvalue weighted by Crippen LogP contribution is 2.63. The minimum absolute atomic E-state index is 0.0910. The van der Waals surface area contributed by atoms with E-state index in [1.165, 1.54) is 25.7 Å². The first-order valence-electron chi connectivity index (χ1n) is 7.49. The molecule has 1 aromatic rings. The van der Waals surface area contributed by atoms with Crippen LogP contribution in [-0.4, -0.2) is 13.2 Å². The molecule has 3 atom stereocenters. The number of hydrogen-bond acceptors (Lipinski definition) is 2. The Labute approximate surface area is 132 Å². The maximum atomic E-state index is 6.80. The second-order valence-corrected chi connectivity index (χ2v) is 7.43. The summed E-state index contributed by atoms with van der Waals surface area (Å²) in [6.07, 6.45) is 5.48. The maximum absolute atomic E-state index is 6.80. The molecule has 0 saturated heterocycles. The van der Waals surface area contributed by atoms with Crippen molar-refractivity contribution in [3.63, 3.8) is 0 Å². The maximum Gasteiger partial charge on any atom is 0.162 e. The number of alkyl halides is 1. The molecule has 4 heteroatoms. The molecule has 0 radical (unpaired) electrons. The van der Waals surface area contributed by atoms with Crippen molar-refractivity contribution in [3.8, 4) is 11.5 Å². The van der Waals surface area contributed by atoms with Crippen LogP contribution in [0.1, 0.15) is 36.6 Å². The van der Waals surface area contributed by atoms with Gasteiger partial charge in [-0.2, -0.15) is 0 Å². The highest BCUT2D eigenvalue weighted by atomic mass is 79.9. The van der Waals surface area contributed by atoms with E-state index >= 15 is 0 Å². The minimum Gasteiger partial charge on any atom is -0.486 e. The van der Waals surface area contributed by atoms with Gasteiger partial charge < -0.3 is 9.47 Å². The lowest BCUT2D eigenvalue weighted by atomic mass is 10.0. The van der Waals surface area contributed by atoms with E-state index in [1.54, 1.807) is 0 Å². The number of ether oxygens (including phenoxy) is 2. The number of hydrogen-bond donors (Lipinski definition) is 0. The topological polar surface area (TPSA) is 18.5 Å². The summed E-state index contributed by atoms with van der Waals surface area (Å²) in [7, 11) is 0. The van der Waals surface area contributed by atoms with E-state index in [1.807, 2.05) is 6.07 Å². The molecule has 0 N–H and O–H groups in total. The Morgan fingerprint density at radius 1 is 1.05 bits per heavy atom. The molecular formula is C16H18BrClO2.